The lowest BCUT2D eigenvalue weighted by molar-refractivity contribution is 0.104. The van der Waals surface area contributed by atoms with Crippen LogP contribution in [0.3, 0.4) is 0 Å². The summed E-state index contributed by atoms with van der Waals surface area (Å²) >= 11 is 1.52. The second kappa shape index (κ2) is 23.9. The number of carbonyl (C=O) groups excluding carboxylic acids is 1. The maximum atomic E-state index is 13.9. The molecule has 0 atom stereocenters. The molecule has 1 aliphatic rings. The van der Waals surface area contributed by atoms with Crippen LogP contribution in [0.15, 0.2) is 40.1 Å². The SMILES string of the molecule is CCCCCCCCOc1cc2c(c(OCCCCCCCC)c1OCCCCCCCC)SC(=Cc1ccc(CC(C)C)cc1)C2=O. The Morgan fingerprint density at radius 3 is 1.62 bits per heavy atom. The Kier molecular flexibility index (Phi) is 19.9. The number of ketones is 1. The lowest BCUT2D eigenvalue weighted by atomic mass is 10.0. The molecule has 0 saturated carbocycles. The highest BCUT2D eigenvalue weighted by Gasteiger charge is 2.34. The standard InChI is InChI=1S/C43H66O4S/c1-6-9-12-15-18-21-28-45-38-33-37-40(44)39(32-36-26-24-35(25-27-36)31-34(4)5)48-43(37)42(47-30-23-20-17-14-11-8-3)41(38)46-29-22-19-16-13-10-7-2/h24-27,32-34H,6-23,28-31H2,1-5H3. The van der Waals surface area contributed by atoms with E-state index in [1.54, 1.807) is 0 Å². The monoisotopic (exact) mass is 678 g/mol. The van der Waals surface area contributed by atoms with E-state index in [2.05, 4.69) is 58.9 Å². The number of hydrogen-bond acceptors (Lipinski definition) is 5. The fraction of sp³-hybridized carbons (Fsp3) is 0.651. The first kappa shape index (κ1) is 40.0. The lowest BCUT2D eigenvalue weighted by Gasteiger charge is -2.19. The van der Waals surface area contributed by atoms with Crippen molar-refractivity contribution in [3.63, 3.8) is 0 Å². The van der Waals surface area contributed by atoms with E-state index in [0.717, 1.165) is 60.3 Å². The van der Waals surface area contributed by atoms with Gasteiger partial charge in [-0.3, -0.25) is 4.79 Å². The maximum Gasteiger partial charge on any atom is 0.204 e. The van der Waals surface area contributed by atoms with Crippen molar-refractivity contribution in [1.82, 2.24) is 0 Å². The summed E-state index contributed by atoms with van der Waals surface area (Å²) in [5, 5.41) is 0. The van der Waals surface area contributed by atoms with Gasteiger partial charge in [0.1, 0.15) is 0 Å². The van der Waals surface area contributed by atoms with E-state index in [9.17, 15) is 4.79 Å². The summed E-state index contributed by atoms with van der Waals surface area (Å²) < 4.78 is 19.6. The number of benzene rings is 2. The summed E-state index contributed by atoms with van der Waals surface area (Å²) in [5.74, 6) is 2.68. The van der Waals surface area contributed by atoms with Crippen LogP contribution in [0.1, 0.15) is 172 Å². The van der Waals surface area contributed by atoms with Crippen molar-refractivity contribution >= 4 is 23.6 Å². The number of allylic oxidation sites excluding steroid dienone is 1. The van der Waals surface area contributed by atoms with Gasteiger partial charge in [0.2, 0.25) is 11.5 Å². The molecule has 0 amide bonds. The topological polar surface area (TPSA) is 44.8 Å². The summed E-state index contributed by atoms with van der Waals surface area (Å²) in [7, 11) is 0. The Hall–Kier alpha value is -2.40. The van der Waals surface area contributed by atoms with Crippen LogP contribution in [0.5, 0.6) is 17.2 Å². The predicted molar refractivity (Wildman–Crippen MR) is 206 cm³/mol. The molecule has 1 heterocycles. The highest BCUT2D eigenvalue weighted by Crippen LogP contribution is 2.53. The molecule has 0 bridgehead atoms. The van der Waals surface area contributed by atoms with Gasteiger partial charge in [-0.15, -0.1) is 0 Å². The zero-order valence-corrected chi connectivity index (χ0v) is 32.0. The van der Waals surface area contributed by atoms with Gasteiger partial charge >= 0.3 is 0 Å². The van der Waals surface area contributed by atoms with E-state index < -0.39 is 0 Å². The molecule has 0 aliphatic carbocycles. The first-order chi connectivity index (χ1) is 23.5. The largest absolute Gasteiger partial charge is 0.490 e. The van der Waals surface area contributed by atoms with Crippen molar-refractivity contribution in [3.8, 4) is 17.2 Å². The van der Waals surface area contributed by atoms with Gasteiger partial charge in [0.05, 0.1) is 29.6 Å². The predicted octanol–water partition coefficient (Wildman–Crippen LogP) is 13.4. The van der Waals surface area contributed by atoms with Crippen molar-refractivity contribution in [1.29, 1.82) is 0 Å². The lowest BCUT2D eigenvalue weighted by Crippen LogP contribution is -2.08. The fourth-order valence-corrected chi connectivity index (χ4v) is 7.30. The molecule has 5 heteroatoms. The first-order valence-electron chi connectivity index (χ1n) is 19.6. The molecule has 0 saturated heterocycles. The van der Waals surface area contributed by atoms with Crippen molar-refractivity contribution in [2.45, 2.75) is 162 Å². The van der Waals surface area contributed by atoms with Crippen molar-refractivity contribution < 1.29 is 19.0 Å². The molecule has 3 rings (SSSR count). The average Bonchev–Trinajstić information content (AvgIpc) is 3.38. The highest BCUT2D eigenvalue weighted by atomic mass is 32.2. The number of unbranched alkanes of at least 4 members (excludes halogenated alkanes) is 15. The minimum atomic E-state index is 0.0394. The third-order valence-corrected chi connectivity index (χ3v) is 10.1. The molecule has 0 radical (unpaired) electrons. The van der Waals surface area contributed by atoms with Gasteiger partial charge in [0, 0.05) is 5.56 Å². The van der Waals surface area contributed by atoms with Crippen LogP contribution in [0, 0.1) is 5.92 Å². The van der Waals surface area contributed by atoms with E-state index in [0.29, 0.717) is 48.6 Å². The van der Waals surface area contributed by atoms with E-state index in [1.807, 2.05) is 12.1 Å². The number of rotatable bonds is 27. The molecule has 2 aromatic rings. The maximum absolute atomic E-state index is 13.9. The molecular weight excluding hydrogens is 613 g/mol. The summed E-state index contributed by atoms with van der Waals surface area (Å²) in [6.45, 7) is 13.1. The van der Waals surface area contributed by atoms with E-state index in [1.165, 1.54) is 94.4 Å². The molecule has 4 nitrogen and oxygen atoms in total. The number of thioether (sulfide) groups is 1. The minimum Gasteiger partial charge on any atom is -0.490 e. The number of fused-ring (bicyclic) bond motifs is 1. The quantitative estimate of drug-likeness (QED) is 0.0695. The normalized spacial score (nSPS) is 13.5. The summed E-state index contributed by atoms with van der Waals surface area (Å²) in [6.07, 6.45) is 24.7. The van der Waals surface area contributed by atoms with Crippen LogP contribution in [-0.4, -0.2) is 25.6 Å². The third-order valence-electron chi connectivity index (χ3n) is 9.00. The Bertz CT molecular complexity index is 1220. The average molecular weight is 679 g/mol. The summed E-state index contributed by atoms with van der Waals surface area (Å²) in [4.78, 5) is 15.5. The van der Waals surface area contributed by atoms with Crippen molar-refractivity contribution in [2.24, 2.45) is 5.92 Å². The molecular formula is C43H66O4S. The van der Waals surface area contributed by atoms with Gasteiger partial charge in [-0.1, -0.05) is 167 Å². The van der Waals surface area contributed by atoms with Gasteiger partial charge in [-0.2, -0.15) is 0 Å². The third kappa shape index (κ3) is 14.2. The van der Waals surface area contributed by atoms with E-state index in [4.69, 9.17) is 14.2 Å². The van der Waals surface area contributed by atoms with Crippen molar-refractivity contribution in [2.75, 3.05) is 19.8 Å². The molecule has 48 heavy (non-hydrogen) atoms. The minimum absolute atomic E-state index is 0.0394. The smallest absolute Gasteiger partial charge is 0.204 e. The fourth-order valence-electron chi connectivity index (χ4n) is 6.18. The van der Waals surface area contributed by atoms with Crippen LogP contribution in [0.25, 0.3) is 6.08 Å². The zero-order chi connectivity index (χ0) is 34.4. The van der Waals surface area contributed by atoms with Gasteiger partial charge in [-0.25, -0.2) is 0 Å². The Morgan fingerprint density at radius 2 is 1.10 bits per heavy atom. The van der Waals surface area contributed by atoms with Gasteiger partial charge in [0.25, 0.3) is 0 Å². The van der Waals surface area contributed by atoms with Gasteiger partial charge in [0.15, 0.2) is 11.5 Å². The second-order valence-corrected chi connectivity index (χ2v) is 15.1. The van der Waals surface area contributed by atoms with Crippen molar-refractivity contribution in [3.05, 3.63) is 51.9 Å². The first-order valence-corrected chi connectivity index (χ1v) is 20.4. The van der Waals surface area contributed by atoms with Crippen LogP contribution >= 0.6 is 11.8 Å². The van der Waals surface area contributed by atoms with E-state index >= 15 is 0 Å². The Labute approximate surface area is 298 Å². The molecule has 0 N–H and O–H groups in total. The van der Waals surface area contributed by atoms with Crippen LogP contribution in [0.4, 0.5) is 0 Å². The van der Waals surface area contributed by atoms with E-state index in [-0.39, 0.29) is 5.78 Å². The molecule has 1 aliphatic heterocycles. The number of ether oxygens (including phenoxy) is 3. The molecule has 0 spiro atoms. The summed E-state index contributed by atoms with van der Waals surface area (Å²) in [5.41, 5.74) is 3.04. The molecule has 2 aromatic carbocycles. The van der Waals surface area contributed by atoms with Crippen LogP contribution < -0.4 is 14.2 Å². The van der Waals surface area contributed by atoms with Gasteiger partial charge in [-0.05, 0) is 54.9 Å². The number of carbonyl (C=O) groups is 1. The summed E-state index contributed by atoms with van der Waals surface area (Å²) in [6, 6.07) is 10.5. The molecule has 0 fully saturated rings. The number of hydrogen-bond donors (Lipinski definition) is 0. The number of Topliss-reactive ketones (excluding diaryl/α,β-unsaturated/α-hetero) is 1. The zero-order valence-electron chi connectivity index (χ0n) is 31.1. The van der Waals surface area contributed by atoms with Crippen LogP contribution in [0.2, 0.25) is 0 Å². The molecule has 268 valence electrons. The molecule has 0 aromatic heterocycles. The van der Waals surface area contributed by atoms with Gasteiger partial charge < -0.3 is 14.2 Å². The Morgan fingerprint density at radius 1 is 0.625 bits per heavy atom. The second-order valence-electron chi connectivity index (χ2n) is 14.0. The Balaban J connectivity index is 1.85. The molecule has 0 unspecified atom stereocenters. The van der Waals surface area contributed by atoms with Crippen LogP contribution in [-0.2, 0) is 6.42 Å². The highest BCUT2D eigenvalue weighted by molar-refractivity contribution is 8.05.